The Balaban J connectivity index is 2.14. The SMILES string of the molecule is C[Se]C(=NCc1ccccc1)c1ccccc1. The summed E-state index contributed by atoms with van der Waals surface area (Å²) in [5.74, 6) is 2.21. The van der Waals surface area contributed by atoms with Gasteiger partial charge >= 0.3 is 109 Å². The molecule has 0 heterocycles. The monoisotopic (exact) mass is 289 g/mol. The molecule has 0 saturated carbocycles. The van der Waals surface area contributed by atoms with Gasteiger partial charge in [-0.1, -0.05) is 0 Å². The van der Waals surface area contributed by atoms with Crippen molar-refractivity contribution >= 4 is 19.6 Å². The average molecular weight is 288 g/mol. The van der Waals surface area contributed by atoms with Crippen molar-refractivity contribution in [2.75, 3.05) is 0 Å². The second-order valence-electron chi connectivity index (χ2n) is 3.68. The maximum absolute atomic E-state index is 4.73. The van der Waals surface area contributed by atoms with Crippen molar-refractivity contribution in [3.05, 3.63) is 71.8 Å². The summed E-state index contributed by atoms with van der Waals surface area (Å²) in [6.45, 7) is 0.778. The summed E-state index contributed by atoms with van der Waals surface area (Å²) in [5.41, 5.74) is 2.52. The van der Waals surface area contributed by atoms with Crippen LogP contribution in [0.25, 0.3) is 0 Å². The van der Waals surface area contributed by atoms with Gasteiger partial charge in [-0.2, -0.15) is 0 Å². The van der Waals surface area contributed by atoms with Gasteiger partial charge in [0.2, 0.25) is 0 Å². The molecule has 17 heavy (non-hydrogen) atoms. The summed E-state index contributed by atoms with van der Waals surface area (Å²) in [6, 6.07) is 20.8. The van der Waals surface area contributed by atoms with Crippen LogP contribution in [0.2, 0.25) is 5.82 Å². The number of rotatable bonds is 4. The number of aliphatic imine (C=N–C) groups is 1. The van der Waals surface area contributed by atoms with Crippen LogP contribution in [0.4, 0.5) is 0 Å². The molecule has 2 heteroatoms. The fourth-order valence-electron chi connectivity index (χ4n) is 1.60. The number of benzene rings is 2. The summed E-state index contributed by atoms with van der Waals surface area (Å²) in [5, 5.41) is 0. The third-order valence-corrected chi connectivity index (χ3v) is 4.04. The summed E-state index contributed by atoms with van der Waals surface area (Å²) >= 11 is 0.427. The topological polar surface area (TPSA) is 12.4 Å². The van der Waals surface area contributed by atoms with Crippen molar-refractivity contribution in [1.82, 2.24) is 0 Å². The van der Waals surface area contributed by atoms with Crippen LogP contribution in [0.15, 0.2) is 65.7 Å². The predicted octanol–water partition coefficient (Wildman–Crippen LogP) is 3.39. The average Bonchev–Trinajstić information content (AvgIpc) is 2.42. The van der Waals surface area contributed by atoms with Crippen molar-refractivity contribution in [1.29, 1.82) is 0 Å². The van der Waals surface area contributed by atoms with Gasteiger partial charge in [-0.3, -0.25) is 0 Å². The first-order chi connectivity index (χ1) is 8.40. The number of hydrogen-bond donors (Lipinski definition) is 0. The molecule has 2 aromatic carbocycles. The molecule has 0 aliphatic carbocycles. The zero-order valence-corrected chi connectivity index (χ0v) is 11.5. The first-order valence-electron chi connectivity index (χ1n) is 5.58. The van der Waals surface area contributed by atoms with E-state index in [9.17, 15) is 0 Å². The summed E-state index contributed by atoms with van der Waals surface area (Å²) in [7, 11) is 0. The van der Waals surface area contributed by atoms with Crippen LogP contribution >= 0.6 is 0 Å². The third-order valence-electron chi connectivity index (χ3n) is 2.46. The van der Waals surface area contributed by atoms with Crippen molar-refractivity contribution in [2.45, 2.75) is 12.4 Å². The quantitative estimate of drug-likeness (QED) is 0.604. The molecule has 0 aliphatic heterocycles. The molecule has 0 bridgehead atoms. The Morgan fingerprint density at radius 3 is 2.12 bits per heavy atom. The van der Waals surface area contributed by atoms with Gasteiger partial charge < -0.3 is 0 Å². The summed E-state index contributed by atoms with van der Waals surface area (Å²) < 4.78 is 1.24. The van der Waals surface area contributed by atoms with Gasteiger partial charge in [-0.25, -0.2) is 0 Å². The molecule has 0 unspecified atom stereocenters. The van der Waals surface area contributed by atoms with E-state index in [0.717, 1.165) is 6.54 Å². The molecule has 0 saturated heterocycles. The second kappa shape index (κ2) is 6.39. The fraction of sp³-hybridized carbons (Fsp3) is 0.133. The van der Waals surface area contributed by atoms with E-state index in [-0.39, 0.29) is 0 Å². The van der Waals surface area contributed by atoms with Gasteiger partial charge in [-0.05, 0) is 0 Å². The van der Waals surface area contributed by atoms with Crippen LogP contribution in [-0.4, -0.2) is 19.6 Å². The molecule has 2 aromatic rings. The second-order valence-corrected chi connectivity index (χ2v) is 5.34. The minimum atomic E-state index is 0.427. The van der Waals surface area contributed by atoms with E-state index in [2.05, 4.69) is 54.4 Å². The standard InChI is InChI=1S/C15H15NSe/c1-17-15(14-10-6-3-7-11-14)16-12-13-8-4-2-5-9-13/h2-11H,12H2,1H3. The number of nitrogens with zero attached hydrogens (tertiary/aromatic N) is 1. The number of hydrogen-bond acceptors (Lipinski definition) is 1. The van der Waals surface area contributed by atoms with Crippen LogP contribution in [0, 0.1) is 0 Å². The molecular formula is C15H15NSe. The molecule has 0 fully saturated rings. The zero-order chi connectivity index (χ0) is 11.9. The zero-order valence-electron chi connectivity index (χ0n) is 9.84. The fourth-order valence-corrected chi connectivity index (χ4v) is 2.79. The Hall–Kier alpha value is -1.37. The van der Waals surface area contributed by atoms with Crippen LogP contribution in [-0.2, 0) is 6.54 Å². The van der Waals surface area contributed by atoms with E-state index in [1.807, 2.05) is 12.1 Å². The van der Waals surface area contributed by atoms with Crippen molar-refractivity contribution in [2.24, 2.45) is 4.99 Å². The minimum absolute atomic E-state index is 0.427. The first-order valence-corrected chi connectivity index (χ1v) is 8.15. The van der Waals surface area contributed by atoms with Crippen molar-refractivity contribution < 1.29 is 0 Å². The molecule has 0 aromatic heterocycles. The summed E-state index contributed by atoms with van der Waals surface area (Å²) in [6.07, 6.45) is 0. The molecule has 0 amide bonds. The predicted molar refractivity (Wildman–Crippen MR) is 74.7 cm³/mol. The summed E-state index contributed by atoms with van der Waals surface area (Å²) in [4.78, 5) is 4.73. The van der Waals surface area contributed by atoms with E-state index < -0.39 is 0 Å². The Morgan fingerprint density at radius 2 is 1.53 bits per heavy atom. The Morgan fingerprint density at radius 1 is 0.941 bits per heavy atom. The molecule has 0 atom stereocenters. The van der Waals surface area contributed by atoms with Crippen LogP contribution in [0.5, 0.6) is 0 Å². The first kappa shape index (κ1) is 12.1. The molecule has 0 aliphatic rings. The van der Waals surface area contributed by atoms with E-state index >= 15 is 0 Å². The van der Waals surface area contributed by atoms with Crippen molar-refractivity contribution in [3.63, 3.8) is 0 Å². The molecule has 0 spiro atoms. The molecule has 2 rings (SSSR count). The maximum atomic E-state index is 4.73. The van der Waals surface area contributed by atoms with E-state index in [1.165, 1.54) is 15.7 Å². The van der Waals surface area contributed by atoms with Gasteiger partial charge in [0.1, 0.15) is 0 Å². The molecule has 0 radical (unpaired) electrons. The molecule has 1 nitrogen and oxygen atoms in total. The van der Waals surface area contributed by atoms with Crippen molar-refractivity contribution in [3.8, 4) is 0 Å². The van der Waals surface area contributed by atoms with Crippen LogP contribution in [0.3, 0.4) is 0 Å². The van der Waals surface area contributed by atoms with E-state index in [4.69, 9.17) is 4.99 Å². The Labute approximate surface area is 109 Å². The van der Waals surface area contributed by atoms with Gasteiger partial charge in [0.25, 0.3) is 0 Å². The Kier molecular flexibility index (Phi) is 4.54. The third kappa shape index (κ3) is 3.55. The molecule has 86 valence electrons. The Bertz CT molecular complexity index is 477. The normalized spacial score (nSPS) is 11.5. The van der Waals surface area contributed by atoms with Gasteiger partial charge in [0.15, 0.2) is 0 Å². The molecular weight excluding hydrogens is 273 g/mol. The van der Waals surface area contributed by atoms with Crippen LogP contribution in [0.1, 0.15) is 11.1 Å². The molecule has 0 N–H and O–H groups in total. The van der Waals surface area contributed by atoms with Crippen LogP contribution < -0.4 is 0 Å². The van der Waals surface area contributed by atoms with E-state index in [0.29, 0.717) is 15.0 Å². The van der Waals surface area contributed by atoms with Gasteiger partial charge in [-0.15, -0.1) is 0 Å². The van der Waals surface area contributed by atoms with Gasteiger partial charge in [0, 0.05) is 0 Å². The van der Waals surface area contributed by atoms with Gasteiger partial charge in [0.05, 0.1) is 0 Å². The van der Waals surface area contributed by atoms with E-state index in [1.54, 1.807) is 0 Å².